The van der Waals surface area contributed by atoms with E-state index < -0.39 is 0 Å². The first-order valence-electron chi connectivity index (χ1n) is 6.63. The van der Waals surface area contributed by atoms with E-state index in [9.17, 15) is 0 Å². The minimum Gasteiger partial charge on any atom is -0.268 e. The van der Waals surface area contributed by atoms with E-state index in [-0.39, 0.29) is 0 Å². The second-order valence-corrected chi connectivity index (χ2v) is 7.37. The molecule has 4 heteroatoms. The van der Waals surface area contributed by atoms with Crippen molar-refractivity contribution in [3.8, 4) is 0 Å². The Balaban J connectivity index is 2.59. The van der Waals surface area contributed by atoms with E-state index in [1.807, 2.05) is 11.6 Å². The molecule has 0 aliphatic heterocycles. The predicted octanol–water partition coefficient (Wildman–Crippen LogP) is 5.00. The van der Waals surface area contributed by atoms with Crippen LogP contribution in [0, 0.1) is 12.3 Å². The second kappa shape index (κ2) is 6.42. The Bertz CT molecular complexity index is 393. The summed E-state index contributed by atoms with van der Waals surface area (Å²) in [6.45, 7) is 11.8. The number of hydrogen-bond donors (Lipinski definition) is 0. The highest BCUT2D eigenvalue weighted by Crippen LogP contribution is 2.30. The summed E-state index contributed by atoms with van der Waals surface area (Å²) in [5, 5.41) is 5.29. The fraction of sp³-hybridized carbons (Fsp3) is 0.786. The number of rotatable bonds is 5. The van der Waals surface area contributed by atoms with Crippen LogP contribution in [-0.2, 0) is 13.0 Å². The van der Waals surface area contributed by atoms with Gasteiger partial charge in [-0.05, 0) is 38.5 Å². The van der Waals surface area contributed by atoms with Crippen molar-refractivity contribution in [3.05, 3.63) is 16.4 Å². The minimum atomic E-state index is 0.310. The molecular weight excluding hydrogens is 312 g/mol. The SMILES string of the molecule is CCn1nc(C)c(Cl)c1CCCC(Br)C(C)(C)C. The van der Waals surface area contributed by atoms with Gasteiger partial charge in [-0.1, -0.05) is 48.3 Å². The van der Waals surface area contributed by atoms with Crippen molar-refractivity contribution < 1.29 is 0 Å². The molecule has 1 heterocycles. The molecule has 1 unspecified atom stereocenters. The molecule has 0 bridgehead atoms. The maximum atomic E-state index is 6.30. The monoisotopic (exact) mass is 334 g/mol. The van der Waals surface area contributed by atoms with Crippen LogP contribution in [0.25, 0.3) is 0 Å². The van der Waals surface area contributed by atoms with Gasteiger partial charge >= 0.3 is 0 Å². The first kappa shape index (κ1) is 16.0. The van der Waals surface area contributed by atoms with Gasteiger partial charge in [0.2, 0.25) is 0 Å². The van der Waals surface area contributed by atoms with E-state index in [2.05, 4.69) is 48.7 Å². The molecule has 0 aromatic carbocycles. The Labute approximate surface area is 124 Å². The number of nitrogens with zero attached hydrogens (tertiary/aromatic N) is 2. The van der Waals surface area contributed by atoms with Crippen molar-refractivity contribution in [3.63, 3.8) is 0 Å². The lowest BCUT2D eigenvalue weighted by molar-refractivity contribution is 0.379. The summed E-state index contributed by atoms with van der Waals surface area (Å²) in [5.74, 6) is 0. The fourth-order valence-electron chi connectivity index (χ4n) is 1.99. The zero-order valence-corrected chi connectivity index (χ0v) is 14.4. The van der Waals surface area contributed by atoms with Crippen molar-refractivity contribution in [1.82, 2.24) is 9.78 Å². The lowest BCUT2D eigenvalue weighted by Crippen LogP contribution is -2.20. The van der Waals surface area contributed by atoms with E-state index in [1.165, 1.54) is 5.69 Å². The molecule has 104 valence electrons. The minimum absolute atomic E-state index is 0.310. The summed E-state index contributed by atoms with van der Waals surface area (Å²) in [6.07, 6.45) is 3.30. The summed E-state index contributed by atoms with van der Waals surface area (Å²) >= 11 is 10.1. The molecular formula is C14H24BrClN2. The number of alkyl halides is 1. The van der Waals surface area contributed by atoms with Crippen molar-refractivity contribution in [2.75, 3.05) is 0 Å². The first-order valence-corrected chi connectivity index (χ1v) is 7.92. The van der Waals surface area contributed by atoms with Crippen molar-refractivity contribution >= 4 is 27.5 Å². The van der Waals surface area contributed by atoms with Crippen molar-refractivity contribution in [1.29, 1.82) is 0 Å². The predicted molar refractivity (Wildman–Crippen MR) is 82.8 cm³/mol. The summed E-state index contributed by atoms with van der Waals surface area (Å²) in [4.78, 5) is 0.544. The second-order valence-electron chi connectivity index (χ2n) is 5.89. The lowest BCUT2D eigenvalue weighted by Gasteiger charge is -2.25. The Hall–Kier alpha value is -0.0200. The van der Waals surface area contributed by atoms with Crippen LogP contribution in [0.4, 0.5) is 0 Å². The third-order valence-corrected chi connectivity index (χ3v) is 5.59. The van der Waals surface area contributed by atoms with E-state index in [1.54, 1.807) is 0 Å². The molecule has 0 aliphatic rings. The van der Waals surface area contributed by atoms with Crippen LogP contribution >= 0.6 is 27.5 Å². The molecule has 0 fully saturated rings. The first-order chi connectivity index (χ1) is 8.27. The molecule has 0 N–H and O–H groups in total. The zero-order valence-electron chi connectivity index (χ0n) is 12.1. The van der Waals surface area contributed by atoms with Crippen LogP contribution < -0.4 is 0 Å². The van der Waals surface area contributed by atoms with Crippen molar-refractivity contribution in [2.24, 2.45) is 5.41 Å². The summed E-state index contributed by atoms with van der Waals surface area (Å²) in [5.41, 5.74) is 2.44. The molecule has 0 radical (unpaired) electrons. The summed E-state index contributed by atoms with van der Waals surface area (Å²) in [6, 6.07) is 0. The summed E-state index contributed by atoms with van der Waals surface area (Å²) in [7, 11) is 0. The normalized spacial score (nSPS) is 13.9. The van der Waals surface area contributed by atoms with Gasteiger partial charge in [-0.15, -0.1) is 0 Å². The van der Waals surface area contributed by atoms with E-state index in [0.29, 0.717) is 10.2 Å². The maximum Gasteiger partial charge on any atom is 0.0847 e. The third kappa shape index (κ3) is 3.99. The summed E-state index contributed by atoms with van der Waals surface area (Å²) < 4.78 is 2.03. The van der Waals surface area contributed by atoms with Gasteiger partial charge in [0.15, 0.2) is 0 Å². The van der Waals surface area contributed by atoms with Crippen LogP contribution in [0.2, 0.25) is 5.02 Å². The largest absolute Gasteiger partial charge is 0.268 e. The standard InChI is InChI=1S/C14H24BrClN2/c1-6-18-11(13(16)10(2)17-18)8-7-9-12(15)14(3,4)5/h12H,6-9H2,1-5H3. The Kier molecular flexibility index (Phi) is 5.72. The highest BCUT2D eigenvalue weighted by atomic mass is 79.9. The quantitative estimate of drug-likeness (QED) is 0.693. The maximum absolute atomic E-state index is 6.30. The molecule has 0 aliphatic carbocycles. The molecule has 0 spiro atoms. The Morgan fingerprint density at radius 1 is 1.39 bits per heavy atom. The molecule has 1 atom stereocenters. The highest BCUT2D eigenvalue weighted by molar-refractivity contribution is 9.09. The highest BCUT2D eigenvalue weighted by Gasteiger charge is 2.21. The van der Waals surface area contributed by atoms with Crippen LogP contribution in [-0.4, -0.2) is 14.6 Å². The number of hydrogen-bond acceptors (Lipinski definition) is 1. The fourth-order valence-corrected chi connectivity index (χ4v) is 2.54. The number of aryl methyl sites for hydroxylation is 2. The number of aromatic nitrogens is 2. The molecule has 1 aromatic rings. The van der Waals surface area contributed by atoms with Crippen LogP contribution in [0.1, 0.15) is 51.9 Å². The van der Waals surface area contributed by atoms with Gasteiger partial charge in [-0.25, -0.2) is 0 Å². The molecule has 1 aromatic heterocycles. The van der Waals surface area contributed by atoms with Gasteiger partial charge < -0.3 is 0 Å². The third-order valence-electron chi connectivity index (χ3n) is 3.26. The van der Waals surface area contributed by atoms with Gasteiger partial charge in [0.25, 0.3) is 0 Å². The Morgan fingerprint density at radius 3 is 2.50 bits per heavy atom. The van der Waals surface area contributed by atoms with Gasteiger partial charge in [0, 0.05) is 11.4 Å². The molecule has 2 nitrogen and oxygen atoms in total. The van der Waals surface area contributed by atoms with E-state index in [0.717, 1.165) is 36.5 Å². The van der Waals surface area contributed by atoms with Gasteiger partial charge in [-0.2, -0.15) is 5.10 Å². The van der Waals surface area contributed by atoms with Gasteiger partial charge in [-0.3, -0.25) is 4.68 Å². The van der Waals surface area contributed by atoms with E-state index in [4.69, 9.17) is 11.6 Å². The average molecular weight is 336 g/mol. The topological polar surface area (TPSA) is 17.8 Å². The lowest BCUT2D eigenvalue weighted by atomic mass is 9.89. The van der Waals surface area contributed by atoms with Gasteiger partial charge in [0.1, 0.15) is 0 Å². The van der Waals surface area contributed by atoms with Crippen LogP contribution in [0.5, 0.6) is 0 Å². The zero-order chi connectivity index (χ0) is 13.9. The van der Waals surface area contributed by atoms with Gasteiger partial charge in [0.05, 0.1) is 16.4 Å². The van der Waals surface area contributed by atoms with Crippen molar-refractivity contribution in [2.45, 2.75) is 65.3 Å². The van der Waals surface area contributed by atoms with Crippen LogP contribution in [0.3, 0.4) is 0 Å². The van der Waals surface area contributed by atoms with E-state index >= 15 is 0 Å². The molecule has 0 amide bonds. The smallest absolute Gasteiger partial charge is 0.0847 e. The average Bonchev–Trinajstić information content (AvgIpc) is 2.55. The van der Waals surface area contributed by atoms with Crippen LogP contribution in [0.15, 0.2) is 0 Å². The molecule has 18 heavy (non-hydrogen) atoms. The molecule has 1 rings (SSSR count). The molecule has 0 saturated heterocycles. The number of halogens is 2. The Morgan fingerprint density at radius 2 is 2.00 bits per heavy atom. The molecule has 0 saturated carbocycles.